The Morgan fingerprint density at radius 1 is 1.55 bits per heavy atom. The van der Waals surface area contributed by atoms with E-state index in [9.17, 15) is 5.11 Å². The van der Waals surface area contributed by atoms with E-state index in [0.29, 0.717) is 5.92 Å². The molecule has 1 aliphatic carbocycles. The van der Waals surface area contributed by atoms with Crippen LogP contribution >= 0.6 is 0 Å². The third-order valence-corrected chi connectivity index (χ3v) is 2.40. The van der Waals surface area contributed by atoms with Crippen LogP contribution in [0.25, 0.3) is 0 Å². The van der Waals surface area contributed by atoms with Gasteiger partial charge in [0.05, 0.1) is 6.10 Å². The summed E-state index contributed by atoms with van der Waals surface area (Å²) in [6.45, 7) is 2.19. The molecule has 0 saturated carbocycles. The van der Waals surface area contributed by atoms with Gasteiger partial charge in [-0.3, -0.25) is 0 Å². The highest BCUT2D eigenvalue weighted by Gasteiger charge is 2.17. The highest BCUT2D eigenvalue weighted by Crippen LogP contribution is 2.22. The number of hydrogen-bond acceptors (Lipinski definition) is 1. The quantitative estimate of drug-likeness (QED) is 0.619. The normalized spacial score (nSPS) is 30.7. The molecule has 0 spiro atoms. The van der Waals surface area contributed by atoms with Crippen molar-refractivity contribution in [2.45, 2.75) is 45.1 Å². The number of aliphatic hydroxyl groups is 1. The smallest absolute Gasteiger partial charge is 0.0605 e. The van der Waals surface area contributed by atoms with Gasteiger partial charge in [-0.25, -0.2) is 0 Å². The minimum atomic E-state index is -0.0634. The monoisotopic (exact) mass is 154 g/mol. The van der Waals surface area contributed by atoms with E-state index < -0.39 is 0 Å². The Kier molecular flexibility index (Phi) is 3.64. The van der Waals surface area contributed by atoms with Crippen molar-refractivity contribution in [3.63, 3.8) is 0 Å². The third-order valence-electron chi connectivity index (χ3n) is 2.40. The van der Waals surface area contributed by atoms with E-state index in [1.807, 2.05) is 0 Å². The molecular formula is C10H18O. The van der Waals surface area contributed by atoms with E-state index in [4.69, 9.17) is 0 Å². The molecule has 1 rings (SSSR count). The Morgan fingerprint density at radius 3 is 3.00 bits per heavy atom. The molecule has 0 aromatic heterocycles. The number of hydrogen-bond donors (Lipinski definition) is 1. The van der Waals surface area contributed by atoms with Gasteiger partial charge < -0.3 is 5.11 Å². The van der Waals surface area contributed by atoms with Crippen LogP contribution in [0.5, 0.6) is 0 Å². The van der Waals surface area contributed by atoms with Crippen molar-refractivity contribution in [3.05, 3.63) is 12.2 Å². The van der Waals surface area contributed by atoms with Crippen LogP contribution < -0.4 is 0 Å². The van der Waals surface area contributed by atoms with E-state index in [2.05, 4.69) is 19.1 Å². The molecule has 2 atom stereocenters. The Balaban J connectivity index is 2.29. The summed E-state index contributed by atoms with van der Waals surface area (Å²) >= 11 is 0. The van der Waals surface area contributed by atoms with Crippen LogP contribution in [0.1, 0.15) is 39.0 Å². The molecule has 0 bridgehead atoms. The Labute approximate surface area is 69.1 Å². The van der Waals surface area contributed by atoms with Gasteiger partial charge in [0.1, 0.15) is 0 Å². The summed E-state index contributed by atoms with van der Waals surface area (Å²) in [7, 11) is 0. The van der Waals surface area contributed by atoms with Gasteiger partial charge in [0.25, 0.3) is 0 Å². The third kappa shape index (κ3) is 2.66. The standard InChI is InChI=1S/C10H18O/c1-2-3-6-9-7-4-5-8-10(9)11/h4,7,9-11H,2-3,5-6,8H2,1H3/t9-,10+/m0/s1. The average molecular weight is 154 g/mol. The fourth-order valence-electron chi connectivity index (χ4n) is 1.61. The zero-order valence-electron chi connectivity index (χ0n) is 7.29. The second-order valence-corrected chi connectivity index (χ2v) is 3.38. The lowest BCUT2D eigenvalue weighted by molar-refractivity contribution is 0.111. The fourth-order valence-corrected chi connectivity index (χ4v) is 1.61. The predicted octanol–water partition coefficient (Wildman–Crippen LogP) is 2.50. The lowest BCUT2D eigenvalue weighted by atomic mass is 9.89. The van der Waals surface area contributed by atoms with E-state index in [-0.39, 0.29) is 6.10 Å². The number of aliphatic hydroxyl groups excluding tert-OH is 1. The molecule has 64 valence electrons. The van der Waals surface area contributed by atoms with E-state index in [1.54, 1.807) is 0 Å². The van der Waals surface area contributed by atoms with E-state index >= 15 is 0 Å². The van der Waals surface area contributed by atoms with Gasteiger partial charge in [0, 0.05) is 5.92 Å². The van der Waals surface area contributed by atoms with Gasteiger partial charge in [-0.15, -0.1) is 0 Å². The summed E-state index contributed by atoms with van der Waals surface area (Å²) in [4.78, 5) is 0. The number of rotatable bonds is 3. The lowest BCUT2D eigenvalue weighted by Gasteiger charge is -2.22. The van der Waals surface area contributed by atoms with Gasteiger partial charge in [0.2, 0.25) is 0 Å². The molecule has 0 fully saturated rings. The molecule has 1 nitrogen and oxygen atoms in total. The Bertz CT molecular complexity index is 129. The molecule has 0 radical (unpaired) electrons. The topological polar surface area (TPSA) is 20.2 Å². The summed E-state index contributed by atoms with van der Waals surface area (Å²) in [6, 6.07) is 0. The maximum absolute atomic E-state index is 9.54. The van der Waals surface area contributed by atoms with E-state index in [1.165, 1.54) is 12.8 Å². The second kappa shape index (κ2) is 4.55. The molecule has 0 unspecified atom stereocenters. The summed E-state index contributed by atoms with van der Waals surface area (Å²) in [6.07, 6.45) is 9.98. The summed E-state index contributed by atoms with van der Waals surface area (Å²) in [5.41, 5.74) is 0. The molecule has 0 amide bonds. The molecule has 0 aromatic rings. The molecule has 1 N–H and O–H groups in total. The first-order valence-corrected chi connectivity index (χ1v) is 4.69. The Hall–Kier alpha value is -0.300. The van der Waals surface area contributed by atoms with Crippen molar-refractivity contribution in [3.8, 4) is 0 Å². The first kappa shape index (κ1) is 8.79. The van der Waals surface area contributed by atoms with Crippen LogP contribution in [0.4, 0.5) is 0 Å². The van der Waals surface area contributed by atoms with E-state index in [0.717, 1.165) is 19.3 Å². The van der Waals surface area contributed by atoms with Crippen LogP contribution in [-0.4, -0.2) is 11.2 Å². The van der Waals surface area contributed by atoms with Crippen molar-refractivity contribution in [1.29, 1.82) is 0 Å². The Morgan fingerprint density at radius 2 is 2.36 bits per heavy atom. The maximum atomic E-state index is 9.54. The minimum absolute atomic E-state index is 0.0634. The molecule has 0 heterocycles. The van der Waals surface area contributed by atoms with Gasteiger partial charge in [0.15, 0.2) is 0 Å². The first-order valence-electron chi connectivity index (χ1n) is 4.69. The van der Waals surface area contributed by atoms with Gasteiger partial charge in [-0.05, 0) is 19.3 Å². The second-order valence-electron chi connectivity index (χ2n) is 3.38. The van der Waals surface area contributed by atoms with Crippen molar-refractivity contribution >= 4 is 0 Å². The fraction of sp³-hybridized carbons (Fsp3) is 0.800. The predicted molar refractivity (Wildman–Crippen MR) is 47.4 cm³/mol. The van der Waals surface area contributed by atoms with Crippen molar-refractivity contribution in [1.82, 2.24) is 0 Å². The highest BCUT2D eigenvalue weighted by molar-refractivity contribution is 4.96. The SMILES string of the molecule is CCCC[C@H]1C=CCC[C@H]1O. The minimum Gasteiger partial charge on any atom is -0.393 e. The van der Waals surface area contributed by atoms with Crippen LogP contribution in [0.3, 0.4) is 0 Å². The van der Waals surface area contributed by atoms with Crippen molar-refractivity contribution < 1.29 is 5.11 Å². The van der Waals surface area contributed by atoms with Gasteiger partial charge >= 0.3 is 0 Å². The molecule has 1 aliphatic rings. The van der Waals surface area contributed by atoms with Crippen LogP contribution in [0.2, 0.25) is 0 Å². The van der Waals surface area contributed by atoms with Crippen LogP contribution in [0.15, 0.2) is 12.2 Å². The molecular weight excluding hydrogens is 136 g/mol. The molecule has 0 saturated heterocycles. The van der Waals surface area contributed by atoms with Crippen LogP contribution in [0, 0.1) is 5.92 Å². The summed E-state index contributed by atoms with van der Waals surface area (Å²) < 4.78 is 0. The number of unbranched alkanes of at least 4 members (excludes halogenated alkanes) is 1. The molecule has 0 aliphatic heterocycles. The largest absolute Gasteiger partial charge is 0.393 e. The number of allylic oxidation sites excluding steroid dienone is 1. The molecule has 1 heteroatoms. The highest BCUT2D eigenvalue weighted by atomic mass is 16.3. The van der Waals surface area contributed by atoms with Gasteiger partial charge in [-0.2, -0.15) is 0 Å². The summed E-state index contributed by atoms with van der Waals surface area (Å²) in [5, 5.41) is 9.54. The zero-order chi connectivity index (χ0) is 8.10. The van der Waals surface area contributed by atoms with Crippen molar-refractivity contribution in [2.24, 2.45) is 5.92 Å². The summed E-state index contributed by atoms with van der Waals surface area (Å²) in [5.74, 6) is 0.448. The molecule has 0 aromatic carbocycles. The zero-order valence-corrected chi connectivity index (χ0v) is 7.29. The lowest BCUT2D eigenvalue weighted by Crippen LogP contribution is -2.20. The van der Waals surface area contributed by atoms with Crippen molar-refractivity contribution in [2.75, 3.05) is 0 Å². The maximum Gasteiger partial charge on any atom is 0.0605 e. The van der Waals surface area contributed by atoms with Gasteiger partial charge in [-0.1, -0.05) is 31.9 Å². The first-order chi connectivity index (χ1) is 5.34. The van der Waals surface area contributed by atoms with Crippen LogP contribution in [-0.2, 0) is 0 Å². The molecule has 11 heavy (non-hydrogen) atoms. The average Bonchev–Trinajstić information content (AvgIpc) is 2.03.